The van der Waals surface area contributed by atoms with Gasteiger partial charge in [0, 0.05) is 29.2 Å². The summed E-state index contributed by atoms with van der Waals surface area (Å²) in [7, 11) is 0. The zero-order valence-electron chi connectivity index (χ0n) is 16.2. The van der Waals surface area contributed by atoms with Crippen LogP contribution in [0, 0.1) is 12.7 Å². The van der Waals surface area contributed by atoms with Crippen molar-refractivity contribution in [3.63, 3.8) is 0 Å². The second-order valence-electron chi connectivity index (χ2n) is 6.84. The van der Waals surface area contributed by atoms with Crippen molar-refractivity contribution in [3.05, 3.63) is 84.1 Å². The highest BCUT2D eigenvalue weighted by molar-refractivity contribution is 6.06. The standard InChI is InChI=1S/C22H16F4N4O/c1-13-11-16-18(3-2-4-20(16)30(13)15-7-9-27-10-8-15)28-21(31)29-19-12-14(22(24,25)26)5-6-17(19)23/h2-12H,1H3,(H2,28,29,31). The molecule has 4 aromatic rings. The van der Waals surface area contributed by atoms with E-state index in [4.69, 9.17) is 0 Å². The minimum atomic E-state index is -4.65. The first-order valence-electron chi connectivity index (χ1n) is 9.20. The van der Waals surface area contributed by atoms with Gasteiger partial charge in [-0.05, 0) is 55.5 Å². The Bertz CT molecular complexity index is 1270. The van der Waals surface area contributed by atoms with Gasteiger partial charge in [-0.3, -0.25) is 4.98 Å². The molecule has 0 atom stereocenters. The number of halogens is 4. The summed E-state index contributed by atoms with van der Waals surface area (Å²) in [5, 5.41) is 5.46. The number of amides is 2. The number of fused-ring (bicyclic) bond motifs is 1. The molecule has 0 spiro atoms. The summed E-state index contributed by atoms with van der Waals surface area (Å²) in [6, 6.07) is 11.8. The van der Waals surface area contributed by atoms with Gasteiger partial charge in [0.2, 0.25) is 0 Å². The molecule has 158 valence electrons. The minimum absolute atomic E-state index is 0.429. The Morgan fingerprint density at radius 2 is 1.68 bits per heavy atom. The molecule has 9 heteroatoms. The molecule has 0 aliphatic carbocycles. The molecule has 0 unspecified atom stereocenters. The lowest BCUT2D eigenvalue weighted by atomic mass is 10.2. The highest BCUT2D eigenvalue weighted by atomic mass is 19.4. The van der Waals surface area contributed by atoms with Crippen LogP contribution in [0.1, 0.15) is 11.3 Å². The third-order valence-corrected chi connectivity index (χ3v) is 4.74. The van der Waals surface area contributed by atoms with Crippen molar-refractivity contribution < 1.29 is 22.4 Å². The number of hydrogen-bond acceptors (Lipinski definition) is 2. The second-order valence-corrected chi connectivity index (χ2v) is 6.84. The number of carbonyl (C=O) groups is 1. The van der Waals surface area contributed by atoms with Crippen LogP contribution in [0.15, 0.2) is 67.0 Å². The zero-order chi connectivity index (χ0) is 22.2. The molecule has 5 nitrogen and oxygen atoms in total. The number of carbonyl (C=O) groups excluding carboxylic acids is 1. The van der Waals surface area contributed by atoms with Gasteiger partial charge in [-0.2, -0.15) is 13.2 Å². The van der Waals surface area contributed by atoms with Gasteiger partial charge >= 0.3 is 12.2 Å². The first-order chi connectivity index (χ1) is 14.7. The van der Waals surface area contributed by atoms with Crippen molar-refractivity contribution in [2.24, 2.45) is 0 Å². The quantitative estimate of drug-likeness (QED) is 0.385. The number of hydrogen-bond donors (Lipinski definition) is 2. The molecule has 0 radical (unpaired) electrons. The van der Waals surface area contributed by atoms with Crippen LogP contribution in [0.4, 0.5) is 33.7 Å². The summed E-state index contributed by atoms with van der Waals surface area (Å²) in [6.07, 6.45) is -1.32. The molecule has 0 aliphatic heterocycles. The number of urea groups is 1. The monoisotopic (exact) mass is 428 g/mol. The number of pyridine rings is 1. The van der Waals surface area contributed by atoms with Crippen LogP contribution in [0.3, 0.4) is 0 Å². The van der Waals surface area contributed by atoms with Gasteiger partial charge in [0.25, 0.3) is 0 Å². The number of aromatic nitrogens is 2. The van der Waals surface area contributed by atoms with Gasteiger partial charge in [0.05, 0.1) is 22.5 Å². The van der Waals surface area contributed by atoms with E-state index in [0.717, 1.165) is 22.3 Å². The molecule has 2 aromatic carbocycles. The van der Waals surface area contributed by atoms with Gasteiger partial charge in [0.15, 0.2) is 0 Å². The Morgan fingerprint density at radius 1 is 0.968 bits per heavy atom. The Labute approximate surface area is 174 Å². The van der Waals surface area contributed by atoms with Crippen molar-refractivity contribution in [2.45, 2.75) is 13.1 Å². The summed E-state index contributed by atoms with van der Waals surface area (Å²) in [5.41, 5.74) is 1.40. The van der Waals surface area contributed by atoms with Crippen LogP contribution < -0.4 is 10.6 Å². The lowest BCUT2D eigenvalue weighted by Gasteiger charge is -2.12. The van der Waals surface area contributed by atoms with Crippen molar-refractivity contribution in [1.82, 2.24) is 9.55 Å². The number of rotatable bonds is 3. The summed E-state index contributed by atoms with van der Waals surface area (Å²) >= 11 is 0. The molecule has 2 aromatic heterocycles. The van der Waals surface area contributed by atoms with E-state index in [-0.39, 0.29) is 0 Å². The summed E-state index contributed by atoms with van der Waals surface area (Å²) in [5.74, 6) is -0.971. The SMILES string of the molecule is Cc1cc2c(NC(=O)Nc3cc(C(F)(F)F)ccc3F)cccc2n1-c1ccncc1. The molecule has 0 saturated heterocycles. The lowest BCUT2D eigenvalue weighted by Crippen LogP contribution is -2.20. The van der Waals surface area contributed by atoms with Crippen LogP contribution in [-0.4, -0.2) is 15.6 Å². The van der Waals surface area contributed by atoms with Gasteiger partial charge in [-0.15, -0.1) is 0 Å². The topological polar surface area (TPSA) is 59.0 Å². The fraction of sp³-hybridized carbons (Fsp3) is 0.0909. The minimum Gasteiger partial charge on any atom is -0.314 e. The fourth-order valence-electron chi connectivity index (χ4n) is 3.38. The summed E-state index contributed by atoms with van der Waals surface area (Å²) in [4.78, 5) is 16.4. The van der Waals surface area contributed by atoms with E-state index in [1.165, 1.54) is 0 Å². The van der Waals surface area contributed by atoms with Crippen LogP contribution in [0.5, 0.6) is 0 Å². The second kappa shape index (κ2) is 7.75. The Kier molecular flexibility index (Phi) is 5.10. The normalized spacial score (nSPS) is 11.5. The summed E-state index contributed by atoms with van der Waals surface area (Å²) < 4.78 is 54.6. The molecule has 2 N–H and O–H groups in total. The van der Waals surface area contributed by atoms with E-state index in [0.29, 0.717) is 23.9 Å². The van der Waals surface area contributed by atoms with Crippen molar-refractivity contribution in [1.29, 1.82) is 0 Å². The van der Waals surface area contributed by atoms with Crippen molar-refractivity contribution in [3.8, 4) is 5.69 Å². The number of anilines is 2. The van der Waals surface area contributed by atoms with E-state index in [1.807, 2.05) is 35.8 Å². The first-order valence-corrected chi connectivity index (χ1v) is 9.20. The Morgan fingerprint density at radius 3 is 2.39 bits per heavy atom. The maximum atomic E-state index is 13.9. The Balaban J connectivity index is 1.63. The third-order valence-electron chi connectivity index (χ3n) is 4.74. The Hall–Kier alpha value is -3.88. The predicted octanol–water partition coefficient (Wildman–Crippen LogP) is 6.14. The van der Waals surface area contributed by atoms with Gasteiger partial charge in [0.1, 0.15) is 5.82 Å². The van der Waals surface area contributed by atoms with E-state index in [9.17, 15) is 22.4 Å². The highest BCUT2D eigenvalue weighted by Gasteiger charge is 2.31. The smallest absolute Gasteiger partial charge is 0.314 e. The van der Waals surface area contributed by atoms with Gasteiger partial charge in [-0.25, -0.2) is 9.18 Å². The number of benzene rings is 2. The first kappa shape index (κ1) is 20.4. The molecule has 4 rings (SSSR count). The molecule has 0 fully saturated rings. The van der Waals surface area contributed by atoms with Crippen molar-refractivity contribution >= 4 is 28.3 Å². The van der Waals surface area contributed by atoms with Crippen molar-refractivity contribution in [2.75, 3.05) is 10.6 Å². The fourth-order valence-corrected chi connectivity index (χ4v) is 3.38. The average molecular weight is 428 g/mol. The zero-order valence-corrected chi connectivity index (χ0v) is 16.2. The molecule has 2 amide bonds. The van der Waals surface area contributed by atoms with Crippen LogP contribution in [0.25, 0.3) is 16.6 Å². The lowest BCUT2D eigenvalue weighted by molar-refractivity contribution is -0.137. The third kappa shape index (κ3) is 4.07. The van der Waals surface area contributed by atoms with E-state index >= 15 is 0 Å². The van der Waals surface area contributed by atoms with Crippen LogP contribution in [-0.2, 0) is 6.18 Å². The largest absolute Gasteiger partial charge is 0.416 e. The van der Waals surface area contributed by atoms with Gasteiger partial charge in [-0.1, -0.05) is 6.07 Å². The van der Waals surface area contributed by atoms with E-state index in [1.54, 1.807) is 24.5 Å². The predicted molar refractivity (Wildman–Crippen MR) is 110 cm³/mol. The molecule has 0 aliphatic rings. The number of aryl methyl sites for hydroxylation is 1. The average Bonchev–Trinajstić information content (AvgIpc) is 3.06. The molecule has 31 heavy (non-hydrogen) atoms. The molecule has 0 saturated carbocycles. The maximum Gasteiger partial charge on any atom is 0.416 e. The molecular formula is C22H16F4N4O. The molecule has 0 bridgehead atoms. The molecule has 2 heterocycles. The number of nitrogens with zero attached hydrogens (tertiary/aromatic N) is 2. The van der Waals surface area contributed by atoms with Gasteiger partial charge < -0.3 is 15.2 Å². The number of alkyl halides is 3. The number of nitrogens with one attached hydrogen (secondary N) is 2. The van der Waals surface area contributed by atoms with Crippen LogP contribution >= 0.6 is 0 Å². The van der Waals surface area contributed by atoms with E-state index in [2.05, 4.69) is 15.6 Å². The maximum absolute atomic E-state index is 13.9. The highest BCUT2D eigenvalue weighted by Crippen LogP contribution is 2.32. The molecular weight excluding hydrogens is 412 g/mol. The summed E-state index contributed by atoms with van der Waals surface area (Å²) in [6.45, 7) is 1.91. The van der Waals surface area contributed by atoms with Crippen LogP contribution in [0.2, 0.25) is 0 Å². The van der Waals surface area contributed by atoms with E-state index < -0.39 is 29.3 Å².